The summed E-state index contributed by atoms with van der Waals surface area (Å²) in [6, 6.07) is 30.6. The van der Waals surface area contributed by atoms with Crippen molar-refractivity contribution in [2.75, 3.05) is 0 Å². The van der Waals surface area contributed by atoms with Crippen LogP contribution in [0.15, 0.2) is 97.1 Å². The summed E-state index contributed by atoms with van der Waals surface area (Å²) in [6.07, 6.45) is 4.19. The smallest absolute Gasteiger partial charge is 0.0467 e. The fourth-order valence-electron chi connectivity index (χ4n) is 2.48. The Labute approximate surface area is 137 Å². The maximum atomic E-state index is 6.46. The van der Waals surface area contributed by atoms with Crippen molar-refractivity contribution in [3.05, 3.63) is 114 Å². The zero-order chi connectivity index (χ0) is 15.9. The van der Waals surface area contributed by atoms with Gasteiger partial charge in [-0.15, -0.1) is 0 Å². The second-order valence-corrected chi connectivity index (χ2v) is 5.30. The zero-order valence-corrected chi connectivity index (χ0v) is 12.9. The summed E-state index contributed by atoms with van der Waals surface area (Å²) in [5, 5.41) is 0. The lowest BCUT2D eigenvalue weighted by atomic mass is 9.98. The van der Waals surface area contributed by atoms with Gasteiger partial charge in [-0.3, -0.25) is 0 Å². The van der Waals surface area contributed by atoms with Crippen molar-refractivity contribution in [2.24, 2.45) is 5.73 Å². The molecule has 3 aromatic carbocycles. The van der Waals surface area contributed by atoms with E-state index in [4.69, 9.17) is 5.73 Å². The molecule has 0 aliphatic rings. The van der Waals surface area contributed by atoms with Crippen LogP contribution in [0.25, 0.3) is 17.3 Å². The molecule has 0 amide bonds. The first-order chi connectivity index (χ1) is 11.3. The lowest BCUT2D eigenvalue weighted by Gasteiger charge is -2.09. The number of hydrogen-bond donors (Lipinski definition) is 1. The first-order valence-corrected chi connectivity index (χ1v) is 7.68. The molecule has 3 aromatic rings. The van der Waals surface area contributed by atoms with Gasteiger partial charge in [0.05, 0.1) is 0 Å². The van der Waals surface area contributed by atoms with Crippen LogP contribution in [0, 0.1) is 0 Å². The van der Waals surface area contributed by atoms with Gasteiger partial charge >= 0.3 is 0 Å². The number of hydrogen-bond acceptors (Lipinski definition) is 1. The molecule has 0 bridgehead atoms. The number of benzene rings is 3. The minimum Gasteiger partial charge on any atom is -0.398 e. The maximum Gasteiger partial charge on any atom is 0.0467 e. The van der Waals surface area contributed by atoms with Crippen LogP contribution in [0.1, 0.15) is 16.7 Å². The molecule has 2 N–H and O–H groups in total. The van der Waals surface area contributed by atoms with E-state index in [9.17, 15) is 0 Å². The largest absolute Gasteiger partial charge is 0.398 e. The van der Waals surface area contributed by atoms with Gasteiger partial charge in [0.15, 0.2) is 0 Å². The molecule has 0 aromatic heterocycles. The van der Waals surface area contributed by atoms with Crippen LogP contribution in [0.4, 0.5) is 0 Å². The Hall–Kier alpha value is -3.06. The summed E-state index contributed by atoms with van der Waals surface area (Å²) in [6.45, 7) is 0. The summed E-state index contributed by atoms with van der Waals surface area (Å²) in [4.78, 5) is 0. The molecule has 0 spiro atoms. The van der Waals surface area contributed by atoms with Crippen LogP contribution in [0.3, 0.4) is 0 Å². The molecule has 1 heteroatoms. The van der Waals surface area contributed by atoms with Crippen LogP contribution in [0.5, 0.6) is 0 Å². The summed E-state index contributed by atoms with van der Waals surface area (Å²) in [5.41, 5.74) is 11.6. The molecule has 0 saturated carbocycles. The van der Waals surface area contributed by atoms with Gasteiger partial charge in [0.1, 0.15) is 0 Å². The van der Waals surface area contributed by atoms with Crippen molar-refractivity contribution in [1.82, 2.24) is 0 Å². The number of rotatable bonds is 4. The van der Waals surface area contributed by atoms with Crippen LogP contribution in [-0.2, 0) is 0 Å². The molecule has 3 rings (SSSR count). The Balaban J connectivity index is 2.06. The molecule has 0 unspecified atom stereocenters. The van der Waals surface area contributed by atoms with Crippen molar-refractivity contribution < 1.29 is 0 Å². The lowest BCUT2D eigenvalue weighted by molar-refractivity contribution is 1.50. The van der Waals surface area contributed by atoms with Gasteiger partial charge in [-0.25, -0.2) is 0 Å². The fourth-order valence-corrected chi connectivity index (χ4v) is 2.48. The number of allylic oxidation sites excluding steroid dienone is 2. The van der Waals surface area contributed by atoms with E-state index in [0.29, 0.717) is 0 Å². The van der Waals surface area contributed by atoms with E-state index in [0.717, 1.165) is 28.0 Å². The first-order valence-electron chi connectivity index (χ1n) is 7.68. The van der Waals surface area contributed by atoms with Crippen LogP contribution < -0.4 is 5.73 Å². The van der Waals surface area contributed by atoms with E-state index in [1.54, 1.807) is 0 Å². The average molecular weight is 297 g/mol. The zero-order valence-electron chi connectivity index (χ0n) is 12.9. The van der Waals surface area contributed by atoms with E-state index in [-0.39, 0.29) is 0 Å². The van der Waals surface area contributed by atoms with Crippen molar-refractivity contribution in [2.45, 2.75) is 0 Å². The highest BCUT2D eigenvalue weighted by Gasteiger charge is 2.05. The highest BCUT2D eigenvalue weighted by atomic mass is 14.6. The second-order valence-electron chi connectivity index (χ2n) is 5.30. The molecule has 23 heavy (non-hydrogen) atoms. The minimum absolute atomic E-state index is 0.781. The van der Waals surface area contributed by atoms with Gasteiger partial charge in [0.25, 0.3) is 0 Å². The van der Waals surface area contributed by atoms with E-state index in [2.05, 4.69) is 36.4 Å². The van der Waals surface area contributed by atoms with Crippen molar-refractivity contribution in [3.63, 3.8) is 0 Å². The quantitative estimate of drug-likeness (QED) is 0.518. The van der Waals surface area contributed by atoms with Crippen molar-refractivity contribution in [3.8, 4) is 0 Å². The average Bonchev–Trinajstić information content (AvgIpc) is 2.64. The van der Waals surface area contributed by atoms with Gasteiger partial charge in [0.2, 0.25) is 0 Å². The third-order valence-corrected chi connectivity index (χ3v) is 3.70. The highest BCUT2D eigenvalue weighted by Crippen LogP contribution is 2.24. The van der Waals surface area contributed by atoms with Gasteiger partial charge < -0.3 is 5.73 Å². The second kappa shape index (κ2) is 7.28. The Kier molecular flexibility index (Phi) is 4.70. The summed E-state index contributed by atoms with van der Waals surface area (Å²) >= 11 is 0. The van der Waals surface area contributed by atoms with Gasteiger partial charge in [-0.05, 0) is 16.7 Å². The minimum atomic E-state index is 0.781. The van der Waals surface area contributed by atoms with Crippen molar-refractivity contribution >= 4 is 17.3 Å². The monoisotopic (exact) mass is 297 g/mol. The molecular formula is C22H19N. The molecule has 0 heterocycles. The molecule has 0 radical (unpaired) electrons. The van der Waals surface area contributed by atoms with Crippen molar-refractivity contribution in [1.29, 1.82) is 0 Å². The highest BCUT2D eigenvalue weighted by molar-refractivity contribution is 5.96. The molecular weight excluding hydrogens is 278 g/mol. The maximum absolute atomic E-state index is 6.46. The Morgan fingerprint density at radius 1 is 0.609 bits per heavy atom. The predicted molar refractivity (Wildman–Crippen MR) is 99.4 cm³/mol. The topological polar surface area (TPSA) is 26.0 Å². The molecule has 1 nitrogen and oxygen atoms in total. The predicted octanol–water partition coefficient (Wildman–Crippen LogP) is 5.23. The van der Waals surface area contributed by atoms with Crippen LogP contribution in [0.2, 0.25) is 0 Å². The molecule has 0 saturated heterocycles. The van der Waals surface area contributed by atoms with E-state index < -0.39 is 0 Å². The molecule has 0 fully saturated rings. The standard InChI is InChI=1S/C22H19N/c23-22(20-14-8-3-9-15-20)21(19-12-6-2-7-13-19)17-16-18-10-4-1-5-11-18/h1-17H,23H2. The molecule has 0 aliphatic heterocycles. The van der Waals surface area contributed by atoms with Gasteiger partial charge in [0, 0.05) is 11.3 Å². The van der Waals surface area contributed by atoms with Gasteiger partial charge in [-0.2, -0.15) is 0 Å². The third kappa shape index (κ3) is 3.78. The SMILES string of the molecule is NC(=C(C=Cc1ccccc1)c1ccccc1)c1ccccc1. The normalized spacial score (nSPS) is 12.2. The lowest BCUT2D eigenvalue weighted by Crippen LogP contribution is -2.00. The first kappa shape index (κ1) is 14.9. The fraction of sp³-hybridized carbons (Fsp3) is 0. The summed E-state index contributed by atoms with van der Waals surface area (Å²) in [5.74, 6) is 0. The molecule has 112 valence electrons. The molecule has 0 aliphatic carbocycles. The number of nitrogens with two attached hydrogens (primary N) is 1. The van der Waals surface area contributed by atoms with E-state index in [1.807, 2.05) is 66.7 Å². The summed E-state index contributed by atoms with van der Waals surface area (Å²) < 4.78 is 0. The Morgan fingerprint density at radius 3 is 1.65 bits per heavy atom. The Bertz CT molecular complexity index is 800. The summed E-state index contributed by atoms with van der Waals surface area (Å²) in [7, 11) is 0. The molecule has 0 atom stereocenters. The van der Waals surface area contributed by atoms with Gasteiger partial charge in [-0.1, -0.05) is 103 Å². The Morgan fingerprint density at radius 2 is 1.09 bits per heavy atom. The third-order valence-electron chi connectivity index (χ3n) is 3.70. The van der Waals surface area contributed by atoms with Crippen LogP contribution in [-0.4, -0.2) is 0 Å². The van der Waals surface area contributed by atoms with Crippen LogP contribution >= 0.6 is 0 Å². The van der Waals surface area contributed by atoms with E-state index >= 15 is 0 Å². The van der Waals surface area contributed by atoms with E-state index in [1.165, 1.54) is 0 Å².